The summed E-state index contributed by atoms with van der Waals surface area (Å²) in [6, 6.07) is 0. The van der Waals surface area contributed by atoms with Crippen LogP contribution in [0.5, 0.6) is 0 Å². The van der Waals surface area contributed by atoms with Crippen LogP contribution in [-0.4, -0.2) is 39.0 Å². The Kier molecular flexibility index (Phi) is 30.9. The first kappa shape index (κ1) is 34.4. The molecule has 0 aliphatic heterocycles. The molecule has 0 radical (unpaired) electrons. The summed E-state index contributed by atoms with van der Waals surface area (Å²) in [5.41, 5.74) is 0. The quantitative estimate of drug-likeness (QED) is 0.0730. The van der Waals surface area contributed by atoms with Crippen LogP contribution in [0.25, 0.3) is 0 Å². The maximum absolute atomic E-state index is 11.8. The molecular formula is C31H62O4. The third kappa shape index (κ3) is 31.4. The lowest BCUT2D eigenvalue weighted by atomic mass is 10.0. The van der Waals surface area contributed by atoms with Gasteiger partial charge in [-0.3, -0.25) is 4.79 Å². The van der Waals surface area contributed by atoms with Crippen molar-refractivity contribution in [2.45, 2.75) is 162 Å². The Morgan fingerprint density at radius 3 is 1.17 bits per heavy atom. The van der Waals surface area contributed by atoms with E-state index in [1.54, 1.807) is 0 Å². The van der Waals surface area contributed by atoms with Crippen LogP contribution in [0.3, 0.4) is 0 Å². The number of esters is 1. The fourth-order valence-corrected chi connectivity index (χ4v) is 4.36. The zero-order valence-corrected chi connectivity index (χ0v) is 23.9. The molecule has 0 aromatic carbocycles. The van der Waals surface area contributed by atoms with Crippen molar-refractivity contribution in [3.8, 4) is 0 Å². The smallest absolute Gasteiger partial charge is 0.305 e. The molecule has 0 aliphatic rings. The summed E-state index contributed by atoms with van der Waals surface area (Å²) in [6.07, 6.45) is 29.1. The first-order valence-corrected chi connectivity index (χ1v) is 15.6. The molecule has 0 saturated heterocycles. The van der Waals surface area contributed by atoms with Crippen LogP contribution in [0.2, 0.25) is 0 Å². The van der Waals surface area contributed by atoms with Gasteiger partial charge in [-0.05, 0) is 19.3 Å². The van der Waals surface area contributed by atoms with E-state index in [2.05, 4.69) is 13.8 Å². The van der Waals surface area contributed by atoms with Gasteiger partial charge in [-0.2, -0.15) is 0 Å². The summed E-state index contributed by atoms with van der Waals surface area (Å²) in [5.74, 6) is -0.0847. The second kappa shape index (κ2) is 31.4. The van der Waals surface area contributed by atoms with Gasteiger partial charge in [0.1, 0.15) is 0 Å². The maximum Gasteiger partial charge on any atom is 0.305 e. The van der Waals surface area contributed by atoms with Gasteiger partial charge in [-0.15, -0.1) is 0 Å². The summed E-state index contributed by atoms with van der Waals surface area (Å²) >= 11 is 0. The third-order valence-corrected chi connectivity index (χ3v) is 6.69. The van der Waals surface area contributed by atoms with Gasteiger partial charge in [0, 0.05) is 19.6 Å². The summed E-state index contributed by atoms with van der Waals surface area (Å²) in [5, 5.41) is 0. The second-order valence-electron chi connectivity index (χ2n) is 10.3. The molecule has 35 heavy (non-hydrogen) atoms. The van der Waals surface area contributed by atoms with Crippen molar-refractivity contribution in [1.82, 2.24) is 0 Å². The molecule has 0 fully saturated rings. The van der Waals surface area contributed by atoms with Crippen molar-refractivity contribution >= 4 is 5.97 Å². The van der Waals surface area contributed by atoms with Crippen LogP contribution in [0.15, 0.2) is 0 Å². The Labute approximate surface area is 219 Å². The molecule has 4 heteroatoms. The summed E-state index contributed by atoms with van der Waals surface area (Å²) in [7, 11) is 0. The fourth-order valence-electron chi connectivity index (χ4n) is 4.36. The molecule has 0 atom stereocenters. The highest BCUT2D eigenvalue weighted by Gasteiger charge is 2.03. The van der Waals surface area contributed by atoms with Gasteiger partial charge < -0.3 is 14.2 Å². The molecule has 0 heterocycles. The van der Waals surface area contributed by atoms with E-state index in [1.807, 2.05) is 0 Å². The van der Waals surface area contributed by atoms with E-state index >= 15 is 0 Å². The molecule has 0 amide bonds. The Hall–Kier alpha value is -0.610. The van der Waals surface area contributed by atoms with Crippen molar-refractivity contribution in [2.75, 3.05) is 33.0 Å². The Morgan fingerprint density at radius 2 is 0.743 bits per heavy atom. The minimum Gasteiger partial charge on any atom is -0.466 e. The lowest BCUT2D eigenvalue weighted by Gasteiger charge is -2.07. The molecule has 0 aromatic rings. The van der Waals surface area contributed by atoms with Crippen molar-refractivity contribution in [1.29, 1.82) is 0 Å². The molecule has 0 bridgehead atoms. The standard InChI is InChI=1S/C31H62O4/c1-3-5-7-9-11-12-13-14-15-16-17-19-21-23-28-35-31(32)25-24-27-34-30-29-33-26-22-20-18-10-8-6-4-2/h3-30H2,1-2H3. The van der Waals surface area contributed by atoms with E-state index in [1.165, 1.54) is 122 Å². The van der Waals surface area contributed by atoms with Crippen molar-refractivity contribution < 1.29 is 19.0 Å². The number of hydrogen-bond donors (Lipinski definition) is 0. The normalized spacial score (nSPS) is 11.3. The molecule has 0 spiro atoms. The van der Waals surface area contributed by atoms with Crippen LogP contribution in [-0.2, 0) is 19.0 Å². The van der Waals surface area contributed by atoms with E-state index in [0.717, 1.165) is 25.9 Å². The summed E-state index contributed by atoms with van der Waals surface area (Å²) in [4.78, 5) is 11.8. The zero-order chi connectivity index (χ0) is 25.5. The molecule has 0 saturated carbocycles. The zero-order valence-electron chi connectivity index (χ0n) is 23.9. The van der Waals surface area contributed by atoms with Crippen LogP contribution in [0.4, 0.5) is 0 Å². The number of unbranched alkanes of at least 4 members (excludes halogenated alkanes) is 19. The minimum atomic E-state index is -0.0847. The van der Waals surface area contributed by atoms with E-state index in [9.17, 15) is 4.79 Å². The largest absolute Gasteiger partial charge is 0.466 e. The molecular weight excluding hydrogens is 436 g/mol. The maximum atomic E-state index is 11.8. The summed E-state index contributed by atoms with van der Waals surface area (Å²) in [6.45, 7) is 7.82. The molecule has 0 rings (SSSR count). The van der Waals surface area contributed by atoms with Crippen LogP contribution in [0, 0.1) is 0 Å². The predicted molar refractivity (Wildman–Crippen MR) is 150 cm³/mol. The number of carbonyl (C=O) groups excluding carboxylic acids is 1. The number of carbonyl (C=O) groups is 1. The van der Waals surface area contributed by atoms with E-state index in [0.29, 0.717) is 32.8 Å². The van der Waals surface area contributed by atoms with Gasteiger partial charge >= 0.3 is 5.97 Å². The average molecular weight is 499 g/mol. The summed E-state index contributed by atoms with van der Waals surface area (Å²) < 4.78 is 16.5. The molecule has 0 N–H and O–H groups in total. The topological polar surface area (TPSA) is 44.8 Å². The first-order chi connectivity index (χ1) is 17.3. The Balaban J connectivity index is 3.14. The molecule has 4 nitrogen and oxygen atoms in total. The van der Waals surface area contributed by atoms with E-state index in [-0.39, 0.29) is 5.97 Å². The van der Waals surface area contributed by atoms with Crippen molar-refractivity contribution in [3.05, 3.63) is 0 Å². The highest BCUT2D eigenvalue weighted by Crippen LogP contribution is 2.13. The van der Waals surface area contributed by atoms with Crippen molar-refractivity contribution in [3.63, 3.8) is 0 Å². The van der Waals surface area contributed by atoms with Crippen LogP contribution >= 0.6 is 0 Å². The highest BCUT2D eigenvalue weighted by atomic mass is 16.5. The fraction of sp³-hybridized carbons (Fsp3) is 0.968. The highest BCUT2D eigenvalue weighted by molar-refractivity contribution is 5.69. The van der Waals surface area contributed by atoms with Gasteiger partial charge in [0.25, 0.3) is 0 Å². The molecule has 0 unspecified atom stereocenters. The first-order valence-electron chi connectivity index (χ1n) is 15.6. The Bertz CT molecular complexity index is 399. The second-order valence-corrected chi connectivity index (χ2v) is 10.3. The van der Waals surface area contributed by atoms with E-state index in [4.69, 9.17) is 14.2 Å². The third-order valence-electron chi connectivity index (χ3n) is 6.69. The monoisotopic (exact) mass is 498 g/mol. The van der Waals surface area contributed by atoms with Crippen LogP contribution < -0.4 is 0 Å². The van der Waals surface area contributed by atoms with E-state index < -0.39 is 0 Å². The van der Waals surface area contributed by atoms with Gasteiger partial charge in [0.05, 0.1) is 19.8 Å². The number of rotatable bonds is 30. The number of hydrogen-bond acceptors (Lipinski definition) is 4. The number of ether oxygens (including phenoxy) is 3. The Morgan fingerprint density at radius 1 is 0.400 bits per heavy atom. The average Bonchev–Trinajstić information content (AvgIpc) is 2.86. The van der Waals surface area contributed by atoms with Gasteiger partial charge in [0.2, 0.25) is 0 Å². The lowest BCUT2D eigenvalue weighted by Crippen LogP contribution is -2.09. The van der Waals surface area contributed by atoms with Crippen LogP contribution in [0.1, 0.15) is 162 Å². The lowest BCUT2D eigenvalue weighted by molar-refractivity contribution is -0.144. The van der Waals surface area contributed by atoms with Crippen molar-refractivity contribution in [2.24, 2.45) is 0 Å². The minimum absolute atomic E-state index is 0.0847. The van der Waals surface area contributed by atoms with Gasteiger partial charge in [-0.25, -0.2) is 0 Å². The van der Waals surface area contributed by atoms with Gasteiger partial charge in [-0.1, -0.05) is 136 Å². The SMILES string of the molecule is CCCCCCCCCCCCCCCCOC(=O)CCCOCCOCCCCCCCCC. The van der Waals surface area contributed by atoms with Gasteiger partial charge in [0.15, 0.2) is 0 Å². The predicted octanol–water partition coefficient (Wildman–Crippen LogP) is 9.57. The molecule has 0 aliphatic carbocycles. The molecule has 210 valence electrons. The molecule has 0 aromatic heterocycles.